The van der Waals surface area contributed by atoms with Crippen LogP contribution in [0.25, 0.3) is 0 Å². The molecule has 7 heteroatoms. The maximum absolute atomic E-state index is 12.6. The zero-order valence-corrected chi connectivity index (χ0v) is 10.9. The summed E-state index contributed by atoms with van der Waals surface area (Å²) in [6, 6.07) is 2.43. The molecule has 0 aliphatic heterocycles. The number of halogens is 4. The van der Waals surface area contributed by atoms with Gasteiger partial charge in [0.05, 0.1) is 17.2 Å². The van der Waals surface area contributed by atoms with Crippen molar-refractivity contribution in [3.8, 4) is 0 Å². The van der Waals surface area contributed by atoms with Crippen LogP contribution >= 0.6 is 11.6 Å². The molecule has 0 fully saturated rings. The number of rotatable bonds is 4. The van der Waals surface area contributed by atoms with E-state index >= 15 is 0 Å². The number of benzene rings is 1. The van der Waals surface area contributed by atoms with E-state index in [2.05, 4.69) is 4.74 Å². The molecule has 19 heavy (non-hydrogen) atoms. The van der Waals surface area contributed by atoms with Crippen LogP contribution in [0.1, 0.15) is 18.1 Å². The van der Waals surface area contributed by atoms with E-state index in [0.29, 0.717) is 0 Å². The van der Waals surface area contributed by atoms with Gasteiger partial charge in [-0.3, -0.25) is 4.79 Å². The first kappa shape index (κ1) is 15.8. The normalized spacial score (nSPS) is 13.2. The quantitative estimate of drug-likeness (QED) is 0.869. The topological polar surface area (TPSA) is 52.3 Å². The van der Waals surface area contributed by atoms with Crippen LogP contribution in [0.15, 0.2) is 18.2 Å². The van der Waals surface area contributed by atoms with Crippen molar-refractivity contribution in [2.45, 2.75) is 25.6 Å². The summed E-state index contributed by atoms with van der Waals surface area (Å²) in [5.74, 6) is -0.647. The van der Waals surface area contributed by atoms with E-state index in [0.717, 1.165) is 12.1 Å². The highest BCUT2D eigenvalue weighted by Crippen LogP contribution is 2.35. The average molecular weight is 296 g/mol. The monoisotopic (exact) mass is 295 g/mol. The minimum absolute atomic E-state index is 0.0426. The van der Waals surface area contributed by atoms with Gasteiger partial charge in [-0.1, -0.05) is 17.7 Å². The second-order valence-electron chi connectivity index (χ2n) is 3.87. The van der Waals surface area contributed by atoms with Gasteiger partial charge < -0.3 is 10.5 Å². The Bertz CT molecular complexity index is 463. The number of esters is 1. The maximum Gasteiger partial charge on any atom is 0.417 e. The second kappa shape index (κ2) is 6.25. The highest BCUT2D eigenvalue weighted by Gasteiger charge is 2.33. The van der Waals surface area contributed by atoms with Crippen LogP contribution in [0.3, 0.4) is 0 Å². The predicted octanol–water partition coefficient (Wildman–Crippen LogP) is 2.79. The molecule has 1 rings (SSSR count). The van der Waals surface area contributed by atoms with Crippen LogP contribution in [-0.2, 0) is 22.1 Å². The number of ether oxygens (including phenoxy) is 1. The molecule has 0 amide bonds. The van der Waals surface area contributed by atoms with Crippen LogP contribution in [0.2, 0.25) is 5.02 Å². The molecule has 0 aliphatic carbocycles. The summed E-state index contributed by atoms with van der Waals surface area (Å²) in [4.78, 5) is 11.3. The fourth-order valence-electron chi connectivity index (χ4n) is 1.50. The van der Waals surface area contributed by atoms with Gasteiger partial charge in [0.25, 0.3) is 0 Å². The Balaban J connectivity index is 2.89. The largest absolute Gasteiger partial charge is 0.465 e. The molecule has 0 aromatic heterocycles. The van der Waals surface area contributed by atoms with Crippen molar-refractivity contribution in [2.75, 3.05) is 6.61 Å². The molecule has 0 saturated heterocycles. The molecule has 2 N–H and O–H groups in total. The van der Waals surface area contributed by atoms with Crippen molar-refractivity contribution in [3.05, 3.63) is 34.3 Å². The van der Waals surface area contributed by atoms with Crippen molar-refractivity contribution >= 4 is 17.6 Å². The number of carbonyl (C=O) groups excluding carboxylic acids is 1. The third-order valence-electron chi connectivity index (χ3n) is 2.38. The molecular weight excluding hydrogens is 283 g/mol. The van der Waals surface area contributed by atoms with E-state index in [1.54, 1.807) is 6.92 Å². The summed E-state index contributed by atoms with van der Waals surface area (Å²) in [6.07, 6.45) is -4.58. The fraction of sp³-hybridized carbons (Fsp3) is 0.417. The number of carbonyl (C=O) groups is 1. The molecule has 0 bridgehead atoms. The molecule has 106 valence electrons. The molecule has 0 heterocycles. The number of hydrogen-bond donors (Lipinski definition) is 1. The first-order chi connectivity index (χ1) is 8.75. The standard InChI is InChI=1S/C12H13ClF3NO2/c1-2-19-11(18)10(17)6-7-3-4-9(13)8(5-7)12(14,15)16/h3-5,10H,2,6,17H2,1H3. The molecule has 0 radical (unpaired) electrons. The average Bonchev–Trinajstić information content (AvgIpc) is 2.30. The molecule has 1 aromatic carbocycles. The second-order valence-corrected chi connectivity index (χ2v) is 4.28. The van der Waals surface area contributed by atoms with Gasteiger partial charge in [-0.05, 0) is 31.0 Å². The van der Waals surface area contributed by atoms with Gasteiger partial charge in [0.1, 0.15) is 6.04 Å². The minimum atomic E-state index is -4.54. The third kappa shape index (κ3) is 4.40. The van der Waals surface area contributed by atoms with Gasteiger partial charge in [-0.2, -0.15) is 13.2 Å². The van der Waals surface area contributed by atoms with Gasteiger partial charge in [-0.15, -0.1) is 0 Å². The first-order valence-electron chi connectivity index (χ1n) is 5.53. The molecule has 1 unspecified atom stereocenters. The SMILES string of the molecule is CCOC(=O)C(N)Cc1ccc(Cl)c(C(F)(F)F)c1. The van der Waals surface area contributed by atoms with E-state index in [1.807, 2.05) is 0 Å². The summed E-state index contributed by atoms with van der Waals surface area (Å²) in [5, 5.41) is -0.388. The van der Waals surface area contributed by atoms with Crippen molar-refractivity contribution < 1.29 is 22.7 Å². The van der Waals surface area contributed by atoms with Crippen LogP contribution in [0.4, 0.5) is 13.2 Å². The lowest BCUT2D eigenvalue weighted by molar-refractivity contribution is -0.144. The minimum Gasteiger partial charge on any atom is -0.465 e. The summed E-state index contributed by atoms with van der Waals surface area (Å²) in [7, 11) is 0. The Labute approximate surface area is 113 Å². The Kier molecular flexibility index (Phi) is 5.20. The van der Waals surface area contributed by atoms with Crippen molar-refractivity contribution in [2.24, 2.45) is 5.73 Å². The summed E-state index contributed by atoms with van der Waals surface area (Å²) in [5.41, 5.74) is 4.88. The van der Waals surface area contributed by atoms with Crippen molar-refractivity contribution in [1.29, 1.82) is 0 Å². The van der Waals surface area contributed by atoms with Crippen molar-refractivity contribution in [1.82, 2.24) is 0 Å². The molecule has 0 aliphatic rings. The van der Waals surface area contributed by atoms with Crippen molar-refractivity contribution in [3.63, 3.8) is 0 Å². The highest BCUT2D eigenvalue weighted by molar-refractivity contribution is 6.31. The third-order valence-corrected chi connectivity index (χ3v) is 2.71. The van der Waals surface area contributed by atoms with E-state index in [9.17, 15) is 18.0 Å². The number of alkyl halides is 3. The molecule has 1 aromatic rings. The fourth-order valence-corrected chi connectivity index (χ4v) is 1.73. The predicted molar refractivity (Wildman–Crippen MR) is 64.8 cm³/mol. The van der Waals surface area contributed by atoms with Crippen LogP contribution in [-0.4, -0.2) is 18.6 Å². The Morgan fingerprint density at radius 1 is 1.47 bits per heavy atom. The van der Waals surface area contributed by atoms with Gasteiger partial charge in [0.2, 0.25) is 0 Å². The van der Waals surface area contributed by atoms with Gasteiger partial charge >= 0.3 is 12.1 Å². The number of hydrogen-bond acceptors (Lipinski definition) is 3. The molecule has 1 atom stereocenters. The van der Waals surface area contributed by atoms with E-state index in [1.165, 1.54) is 6.07 Å². The van der Waals surface area contributed by atoms with Crippen LogP contribution in [0.5, 0.6) is 0 Å². The molecule has 3 nitrogen and oxygen atoms in total. The van der Waals surface area contributed by atoms with E-state index in [4.69, 9.17) is 17.3 Å². The lowest BCUT2D eigenvalue weighted by atomic mass is 10.0. The molecular formula is C12H13ClF3NO2. The lowest BCUT2D eigenvalue weighted by Crippen LogP contribution is -2.34. The molecule has 0 saturated carbocycles. The van der Waals surface area contributed by atoms with Gasteiger partial charge in [-0.25, -0.2) is 0 Å². The first-order valence-corrected chi connectivity index (χ1v) is 5.91. The summed E-state index contributed by atoms with van der Waals surface area (Å²) < 4.78 is 42.6. The zero-order valence-electron chi connectivity index (χ0n) is 10.1. The van der Waals surface area contributed by atoms with Crippen LogP contribution < -0.4 is 5.73 Å². The Hall–Kier alpha value is -1.27. The Morgan fingerprint density at radius 3 is 2.63 bits per heavy atom. The molecule has 0 spiro atoms. The highest BCUT2D eigenvalue weighted by atomic mass is 35.5. The zero-order chi connectivity index (χ0) is 14.6. The smallest absolute Gasteiger partial charge is 0.417 e. The summed E-state index contributed by atoms with van der Waals surface area (Å²) >= 11 is 5.49. The van der Waals surface area contributed by atoms with E-state index in [-0.39, 0.29) is 23.6 Å². The van der Waals surface area contributed by atoms with Crippen LogP contribution in [0, 0.1) is 0 Å². The number of nitrogens with two attached hydrogens (primary N) is 1. The van der Waals surface area contributed by atoms with Gasteiger partial charge in [0.15, 0.2) is 0 Å². The Morgan fingerprint density at radius 2 is 2.11 bits per heavy atom. The van der Waals surface area contributed by atoms with E-state index < -0.39 is 23.8 Å². The summed E-state index contributed by atoms with van der Waals surface area (Å²) in [6.45, 7) is 1.79. The maximum atomic E-state index is 12.6. The van der Waals surface area contributed by atoms with Gasteiger partial charge in [0, 0.05) is 0 Å². The lowest BCUT2D eigenvalue weighted by Gasteiger charge is -2.13.